The lowest BCUT2D eigenvalue weighted by Gasteiger charge is -2.26. The lowest BCUT2D eigenvalue weighted by molar-refractivity contribution is 0.0920. The van der Waals surface area contributed by atoms with Crippen molar-refractivity contribution in [2.45, 2.75) is 12.5 Å². The van der Waals surface area contributed by atoms with Crippen molar-refractivity contribution in [1.29, 1.82) is 0 Å². The molecule has 0 atom stereocenters. The van der Waals surface area contributed by atoms with E-state index >= 15 is 0 Å². The summed E-state index contributed by atoms with van der Waals surface area (Å²) < 4.78 is 6.04. The summed E-state index contributed by atoms with van der Waals surface area (Å²) in [4.78, 5) is 12.3. The van der Waals surface area contributed by atoms with Gasteiger partial charge in [0, 0.05) is 15.1 Å². The Morgan fingerprint density at radius 3 is 2.50 bits per heavy atom. The van der Waals surface area contributed by atoms with Crippen molar-refractivity contribution in [3.05, 3.63) is 28.2 Å². The maximum atomic E-state index is 12.3. The highest BCUT2D eigenvalue weighted by Crippen LogP contribution is 2.24. The average Bonchev–Trinajstić information content (AvgIpc) is 2.38. The molecule has 0 saturated carbocycles. The van der Waals surface area contributed by atoms with E-state index < -0.39 is 0 Å². The zero-order valence-corrected chi connectivity index (χ0v) is 14.9. The predicted molar refractivity (Wildman–Crippen MR) is 84.2 cm³/mol. The molecule has 100 valence electrons. The molecule has 1 N–H and O–H groups in total. The standard InChI is InChI=1S/C12H14Br3NO2/c1-12(6-13,7-14)16-11(17)9-5-8(15)3-4-10(9)18-2/h3-5H,6-7H2,1-2H3,(H,16,17). The molecule has 0 aliphatic heterocycles. The van der Waals surface area contributed by atoms with Crippen LogP contribution in [0.2, 0.25) is 0 Å². The number of benzene rings is 1. The van der Waals surface area contributed by atoms with E-state index in [9.17, 15) is 4.79 Å². The summed E-state index contributed by atoms with van der Waals surface area (Å²) >= 11 is 10.1. The van der Waals surface area contributed by atoms with E-state index in [-0.39, 0.29) is 11.4 Å². The Morgan fingerprint density at radius 1 is 1.39 bits per heavy atom. The van der Waals surface area contributed by atoms with E-state index in [1.54, 1.807) is 19.2 Å². The third-order valence-corrected chi connectivity index (χ3v) is 5.38. The van der Waals surface area contributed by atoms with Crippen LogP contribution >= 0.6 is 47.8 Å². The van der Waals surface area contributed by atoms with Crippen molar-refractivity contribution in [2.24, 2.45) is 0 Å². The number of alkyl halides is 2. The molecular formula is C12H14Br3NO2. The lowest BCUT2D eigenvalue weighted by atomic mass is 10.1. The molecule has 1 rings (SSSR count). The van der Waals surface area contributed by atoms with Crippen LogP contribution in [0.4, 0.5) is 0 Å². The average molecular weight is 444 g/mol. The van der Waals surface area contributed by atoms with E-state index in [2.05, 4.69) is 53.1 Å². The third kappa shape index (κ3) is 3.96. The number of nitrogens with one attached hydrogen (secondary N) is 1. The Morgan fingerprint density at radius 2 is 2.00 bits per heavy atom. The van der Waals surface area contributed by atoms with Gasteiger partial charge in [0.25, 0.3) is 5.91 Å². The van der Waals surface area contributed by atoms with Crippen LogP contribution in [0.15, 0.2) is 22.7 Å². The summed E-state index contributed by atoms with van der Waals surface area (Å²) in [6.45, 7) is 1.96. The van der Waals surface area contributed by atoms with Gasteiger partial charge in [-0.2, -0.15) is 0 Å². The Balaban J connectivity index is 3.00. The molecule has 1 aromatic rings. The first-order chi connectivity index (χ1) is 8.45. The number of rotatable bonds is 5. The third-order valence-electron chi connectivity index (χ3n) is 2.41. The first-order valence-corrected chi connectivity index (χ1v) is 8.27. The summed E-state index contributed by atoms with van der Waals surface area (Å²) in [6.07, 6.45) is 0. The first-order valence-electron chi connectivity index (χ1n) is 5.24. The van der Waals surface area contributed by atoms with Crippen LogP contribution in [0.5, 0.6) is 5.75 Å². The van der Waals surface area contributed by atoms with E-state index in [0.717, 1.165) is 4.47 Å². The highest BCUT2D eigenvalue weighted by molar-refractivity contribution is 9.10. The molecule has 1 aromatic carbocycles. The van der Waals surface area contributed by atoms with Gasteiger partial charge in [-0.3, -0.25) is 4.79 Å². The van der Waals surface area contributed by atoms with Gasteiger partial charge in [-0.25, -0.2) is 0 Å². The molecular weight excluding hydrogens is 430 g/mol. The molecule has 0 fully saturated rings. The molecule has 6 heteroatoms. The zero-order valence-electron chi connectivity index (χ0n) is 10.1. The SMILES string of the molecule is COc1ccc(Br)cc1C(=O)NC(C)(CBr)CBr. The molecule has 0 spiro atoms. The van der Waals surface area contributed by atoms with Gasteiger partial charge >= 0.3 is 0 Å². The minimum Gasteiger partial charge on any atom is -0.496 e. The van der Waals surface area contributed by atoms with Gasteiger partial charge < -0.3 is 10.1 Å². The number of halogens is 3. The fraction of sp³-hybridized carbons (Fsp3) is 0.417. The second kappa shape index (κ2) is 6.91. The van der Waals surface area contributed by atoms with E-state index in [4.69, 9.17) is 4.74 Å². The van der Waals surface area contributed by atoms with E-state index in [1.807, 2.05) is 13.0 Å². The molecule has 0 saturated heterocycles. The van der Waals surface area contributed by atoms with Crippen molar-refractivity contribution in [3.63, 3.8) is 0 Å². The second-order valence-corrected chi connectivity index (χ2v) is 6.16. The molecule has 0 heterocycles. The molecule has 0 aromatic heterocycles. The number of methoxy groups -OCH3 is 1. The highest BCUT2D eigenvalue weighted by Gasteiger charge is 2.25. The van der Waals surface area contributed by atoms with Crippen molar-refractivity contribution >= 4 is 53.7 Å². The van der Waals surface area contributed by atoms with E-state index in [1.165, 1.54) is 0 Å². The van der Waals surface area contributed by atoms with Crippen LogP contribution in [0, 0.1) is 0 Å². The molecule has 18 heavy (non-hydrogen) atoms. The number of ether oxygens (including phenoxy) is 1. The van der Waals surface area contributed by atoms with Crippen molar-refractivity contribution in [2.75, 3.05) is 17.8 Å². The van der Waals surface area contributed by atoms with Gasteiger partial charge in [0.15, 0.2) is 0 Å². The van der Waals surface area contributed by atoms with E-state index in [0.29, 0.717) is 22.0 Å². The number of carbonyl (C=O) groups excluding carboxylic acids is 1. The second-order valence-electron chi connectivity index (χ2n) is 4.13. The molecule has 1 amide bonds. The largest absolute Gasteiger partial charge is 0.496 e. The number of carbonyl (C=O) groups is 1. The summed E-state index contributed by atoms with van der Waals surface area (Å²) in [6, 6.07) is 5.35. The number of amides is 1. The Bertz CT molecular complexity index is 433. The zero-order chi connectivity index (χ0) is 13.8. The highest BCUT2D eigenvalue weighted by atomic mass is 79.9. The van der Waals surface area contributed by atoms with Gasteiger partial charge in [-0.05, 0) is 25.1 Å². The molecule has 0 bridgehead atoms. The summed E-state index contributed by atoms with van der Waals surface area (Å²) in [5, 5.41) is 4.30. The van der Waals surface area contributed by atoms with Gasteiger partial charge in [0.2, 0.25) is 0 Å². The Hall–Kier alpha value is -0.0700. The van der Waals surface area contributed by atoms with Crippen molar-refractivity contribution < 1.29 is 9.53 Å². The van der Waals surface area contributed by atoms with Crippen LogP contribution in [0.25, 0.3) is 0 Å². The van der Waals surface area contributed by atoms with Gasteiger partial charge in [-0.1, -0.05) is 47.8 Å². The smallest absolute Gasteiger partial charge is 0.255 e. The van der Waals surface area contributed by atoms with Gasteiger partial charge in [0.1, 0.15) is 5.75 Å². The fourth-order valence-electron chi connectivity index (χ4n) is 1.30. The normalized spacial score (nSPS) is 11.2. The molecule has 3 nitrogen and oxygen atoms in total. The first kappa shape index (κ1) is 16.0. The number of hydrogen-bond donors (Lipinski definition) is 1. The quantitative estimate of drug-likeness (QED) is 0.704. The van der Waals surface area contributed by atoms with Gasteiger partial charge in [-0.15, -0.1) is 0 Å². The molecule has 0 aliphatic rings. The van der Waals surface area contributed by atoms with Crippen molar-refractivity contribution in [1.82, 2.24) is 5.32 Å². The maximum Gasteiger partial charge on any atom is 0.255 e. The Kier molecular flexibility index (Phi) is 6.14. The minimum absolute atomic E-state index is 0.158. The topological polar surface area (TPSA) is 38.3 Å². The van der Waals surface area contributed by atoms with Crippen LogP contribution in [0.3, 0.4) is 0 Å². The summed E-state index contributed by atoms with van der Waals surface area (Å²) in [7, 11) is 1.55. The summed E-state index contributed by atoms with van der Waals surface area (Å²) in [5.41, 5.74) is 0.171. The van der Waals surface area contributed by atoms with Crippen LogP contribution in [-0.2, 0) is 0 Å². The maximum absolute atomic E-state index is 12.3. The van der Waals surface area contributed by atoms with Gasteiger partial charge in [0.05, 0.1) is 18.2 Å². The number of hydrogen-bond acceptors (Lipinski definition) is 2. The van der Waals surface area contributed by atoms with Crippen LogP contribution in [0.1, 0.15) is 17.3 Å². The molecule has 0 radical (unpaired) electrons. The molecule has 0 unspecified atom stereocenters. The van der Waals surface area contributed by atoms with Crippen LogP contribution < -0.4 is 10.1 Å². The molecule has 0 aliphatic carbocycles. The minimum atomic E-state index is -0.343. The summed E-state index contributed by atoms with van der Waals surface area (Å²) in [5.74, 6) is 0.400. The Labute approximate surface area is 132 Å². The predicted octanol–water partition coefficient (Wildman–Crippen LogP) is 3.74. The van der Waals surface area contributed by atoms with Crippen LogP contribution in [-0.4, -0.2) is 29.2 Å². The monoisotopic (exact) mass is 441 g/mol. The lowest BCUT2D eigenvalue weighted by Crippen LogP contribution is -2.49. The fourth-order valence-corrected chi connectivity index (χ4v) is 2.87. The van der Waals surface area contributed by atoms with Crippen molar-refractivity contribution in [3.8, 4) is 5.75 Å².